The van der Waals surface area contributed by atoms with Crippen molar-refractivity contribution in [2.24, 2.45) is 4.99 Å². The number of amides is 1. The van der Waals surface area contributed by atoms with Gasteiger partial charge in [0.05, 0.1) is 11.3 Å². The molecule has 0 saturated carbocycles. The number of carbonyl (C=O) groups excluding carboxylic acids is 1. The highest BCUT2D eigenvalue weighted by Crippen LogP contribution is 2.44. The van der Waals surface area contributed by atoms with E-state index in [0.717, 1.165) is 6.07 Å². The SMILES string of the molecule is O=C(NO)c1cccc(NC2=Nc3cc(C(F)(F)F)c(-c4ccc5c(c4)OCCO5)cc3C2)c1. The number of hydrogen-bond donors (Lipinski definition) is 3. The minimum Gasteiger partial charge on any atom is -0.486 e. The third kappa shape index (κ3) is 4.15. The van der Waals surface area contributed by atoms with Gasteiger partial charge in [-0.2, -0.15) is 13.2 Å². The van der Waals surface area contributed by atoms with E-state index in [-0.39, 0.29) is 23.2 Å². The first-order valence-electron chi connectivity index (χ1n) is 10.3. The van der Waals surface area contributed by atoms with Crippen LogP contribution >= 0.6 is 0 Å². The van der Waals surface area contributed by atoms with E-state index in [4.69, 9.17) is 14.7 Å². The molecule has 0 bridgehead atoms. The summed E-state index contributed by atoms with van der Waals surface area (Å²) in [4.78, 5) is 16.0. The minimum absolute atomic E-state index is 0.0290. The number of anilines is 1. The summed E-state index contributed by atoms with van der Waals surface area (Å²) in [5.74, 6) is 0.655. The first-order chi connectivity index (χ1) is 16.3. The summed E-state index contributed by atoms with van der Waals surface area (Å²) < 4.78 is 52.9. The van der Waals surface area contributed by atoms with Gasteiger partial charge in [-0.25, -0.2) is 10.5 Å². The highest BCUT2D eigenvalue weighted by molar-refractivity contribution is 6.03. The second kappa shape index (κ2) is 8.38. The van der Waals surface area contributed by atoms with Crippen LogP contribution in [0.4, 0.5) is 24.5 Å². The van der Waals surface area contributed by atoms with Crippen molar-refractivity contribution in [1.82, 2.24) is 5.48 Å². The number of benzene rings is 3. The molecule has 174 valence electrons. The Hall–Kier alpha value is -4.05. The van der Waals surface area contributed by atoms with Gasteiger partial charge in [-0.1, -0.05) is 12.1 Å². The fourth-order valence-electron chi connectivity index (χ4n) is 3.97. The Labute approximate surface area is 191 Å². The zero-order chi connectivity index (χ0) is 23.9. The maximum atomic E-state index is 14.0. The number of carbonyl (C=O) groups is 1. The summed E-state index contributed by atoms with van der Waals surface area (Å²) >= 11 is 0. The Morgan fingerprint density at radius 2 is 1.79 bits per heavy atom. The molecule has 3 aromatic rings. The molecule has 0 radical (unpaired) electrons. The van der Waals surface area contributed by atoms with E-state index in [2.05, 4.69) is 10.3 Å². The van der Waals surface area contributed by atoms with E-state index < -0.39 is 17.6 Å². The molecule has 1 amide bonds. The predicted octanol–water partition coefficient (Wildman–Crippen LogP) is 4.96. The third-order valence-corrected chi connectivity index (χ3v) is 5.51. The van der Waals surface area contributed by atoms with Gasteiger partial charge in [0, 0.05) is 17.7 Å². The number of hydrogen-bond acceptors (Lipinski definition) is 6. The van der Waals surface area contributed by atoms with Crippen molar-refractivity contribution in [3.63, 3.8) is 0 Å². The zero-order valence-corrected chi connectivity index (χ0v) is 17.6. The van der Waals surface area contributed by atoms with Crippen molar-refractivity contribution in [2.75, 3.05) is 18.5 Å². The standard InChI is InChI=1S/C24H18F3N3O4/c25-24(26,27)18-12-19-15(9-17(18)13-4-5-20-21(10-13)34-7-6-33-20)11-22(29-19)28-16-3-1-2-14(8-16)23(31)30-32/h1-5,8-10,12,32H,6-7,11H2,(H,28,29)(H,30,31). The lowest BCUT2D eigenvalue weighted by Crippen LogP contribution is -2.19. The van der Waals surface area contributed by atoms with Gasteiger partial charge in [0.1, 0.15) is 19.0 Å². The Morgan fingerprint density at radius 3 is 2.56 bits per heavy atom. The van der Waals surface area contributed by atoms with Gasteiger partial charge < -0.3 is 14.8 Å². The van der Waals surface area contributed by atoms with Gasteiger partial charge in [0.15, 0.2) is 11.5 Å². The van der Waals surface area contributed by atoms with Gasteiger partial charge in [-0.3, -0.25) is 10.0 Å². The molecule has 0 spiro atoms. The number of rotatable bonds is 3. The predicted molar refractivity (Wildman–Crippen MR) is 118 cm³/mol. The molecule has 0 unspecified atom stereocenters. The summed E-state index contributed by atoms with van der Waals surface area (Å²) in [6, 6.07) is 13.6. The van der Waals surface area contributed by atoms with Gasteiger partial charge in [-0.05, 0) is 59.2 Å². The van der Waals surface area contributed by atoms with Crippen LogP contribution in [0.25, 0.3) is 11.1 Å². The molecule has 2 heterocycles. The number of hydroxylamine groups is 1. The van der Waals surface area contributed by atoms with E-state index in [0.29, 0.717) is 47.4 Å². The first kappa shape index (κ1) is 21.8. The van der Waals surface area contributed by atoms with Crippen LogP contribution in [0.15, 0.2) is 59.6 Å². The molecule has 10 heteroatoms. The van der Waals surface area contributed by atoms with Crippen molar-refractivity contribution in [1.29, 1.82) is 0 Å². The smallest absolute Gasteiger partial charge is 0.417 e. The molecular weight excluding hydrogens is 451 g/mol. The lowest BCUT2D eigenvalue weighted by molar-refractivity contribution is -0.137. The molecule has 2 aliphatic heterocycles. The maximum Gasteiger partial charge on any atom is 0.417 e. The zero-order valence-electron chi connectivity index (χ0n) is 17.6. The molecule has 2 aliphatic rings. The Kier molecular flexibility index (Phi) is 5.37. The van der Waals surface area contributed by atoms with Crippen LogP contribution in [0.1, 0.15) is 21.5 Å². The summed E-state index contributed by atoms with van der Waals surface area (Å²) in [6.07, 6.45) is -4.31. The number of nitrogens with zero attached hydrogens (tertiary/aromatic N) is 1. The summed E-state index contributed by atoms with van der Waals surface area (Å²) in [5.41, 5.74) is 2.73. The Balaban J connectivity index is 1.48. The normalized spacial score (nSPS) is 14.3. The third-order valence-electron chi connectivity index (χ3n) is 5.51. The van der Waals surface area contributed by atoms with Crippen LogP contribution in [0.3, 0.4) is 0 Å². The largest absolute Gasteiger partial charge is 0.486 e. The molecule has 0 aromatic heterocycles. The first-order valence-corrected chi connectivity index (χ1v) is 10.3. The van der Waals surface area contributed by atoms with Crippen LogP contribution in [0.2, 0.25) is 0 Å². The molecule has 7 nitrogen and oxygen atoms in total. The molecule has 3 N–H and O–H groups in total. The number of ether oxygens (including phenoxy) is 2. The number of amidine groups is 1. The topological polar surface area (TPSA) is 92.2 Å². The van der Waals surface area contributed by atoms with Gasteiger partial charge >= 0.3 is 6.18 Å². The Morgan fingerprint density at radius 1 is 1.00 bits per heavy atom. The van der Waals surface area contributed by atoms with E-state index in [1.54, 1.807) is 35.8 Å². The van der Waals surface area contributed by atoms with Crippen molar-refractivity contribution >= 4 is 23.1 Å². The number of aliphatic imine (C=N–C) groups is 1. The quantitative estimate of drug-likeness (QED) is 0.373. The summed E-state index contributed by atoms with van der Waals surface area (Å²) in [7, 11) is 0. The average Bonchev–Trinajstić information content (AvgIpc) is 3.23. The van der Waals surface area contributed by atoms with Gasteiger partial charge in [-0.15, -0.1) is 0 Å². The monoisotopic (exact) mass is 469 g/mol. The highest BCUT2D eigenvalue weighted by Gasteiger charge is 2.36. The average molecular weight is 469 g/mol. The van der Waals surface area contributed by atoms with Crippen molar-refractivity contribution in [3.8, 4) is 22.6 Å². The maximum absolute atomic E-state index is 14.0. The molecular formula is C24H18F3N3O4. The molecule has 3 aromatic carbocycles. The lowest BCUT2D eigenvalue weighted by Gasteiger charge is -2.20. The van der Waals surface area contributed by atoms with Gasteiger partial charge in [0.25, 0.3) is 5.91 Å². The summed E-state index contributed by atoms with van der Waals surface area (Å²) in [5, 5.41) is 11.8. The van der Waals surface area contributed by atoms with E-state index in [1.165, 1.54) is 18.2 Å². The summed E-state index contributed by atoms with van der Waals surface area (Å²) in [6.45, 7) is 0.719. The van der Waals surface area contributed by atoms with Crippen LogP contribution in [-0.4, -0.2) is 30.2 Å². The second-order valence-electron chi connectivity index (χ2n) is 7.76. The van der Waals surface area contributed by atoms with E-state index in [1.807, 2.05) is 0 Å². The van der Waals surface area contributed by atoms with Gasteiger partial charge in [0.2, 0.25) is 0 Å². The van der Waals surface area contributed by atoms with Crippen molar-refractivity contribution in [3.05, 3.63) is 71.3 Å². The number of halogens is 3. The van der Waals surface area contributed by atoms with Crippen LogP contribution in [0.5, 0.6) is 11.5 Å². The molecule has 0 fully saturated rings. The van der Waals surface area contributed by atoms with Crippen LogP contribution in [-0.2, 0) is 12.6 Å². The van der Waals surface area contributed by atoms with Crippen LogP contribution in [0, 0.1) is 0 Å². The molecule has 0 aliphatic carbocycles. The fourth-order valence-corrected chi connectivity index (χ4v) is 3.97. The molecule has 0 atom stereocenters. The second-order valence-corrected chi connectivity index (χ2v) is 7.76. The highest BCUT2D eigenvalue weighted by atomic mass is 19.4. The number of fused-ring (bicyclic) bond motifs is 2. The number of nitrogens with one attached hydrogen (secondary N) is 2. The van der Waals surface area contributed by atoms with Crippen molar-refractivity contribution in [2.45, 2.75) is 12.6 Å². The van der Waals surface area contributed by atoms with Crippen molar-refractivity contribution < 1.29 is 32.6 Å². The molecule has 0 saturated heterocycles. The fraction of sp³-hybridized carbons (Fsp3) is 0.167. The van der Waals surface area contributed by atoms with E-state index in [9.17, 15) is 18.0 Å². The minimum atomic E-state index is -4.59. The lowest BCUT2D eigenvalue weighted by atomic mass is 9.95. The number of alkyl halides is 3. The molecule has 34 heavy (non-hydrogen) atoms. The van der Waals surface area contributed by atoms with E-state index >= 15 is 0 Å². The Bertz CT molecular complexity index is 1320. The van der Waals surface area contributed by atoms with Crippen LogP contribution < -0.4 is 20.3 Å². The molecule has 5 rings (SSSR count).